The van der Waals surface area contributed by atoms with Crippen molar-refractivity contribution in [3.8, 4) is 5.75 Å². The van der Waals surface area contributed by atoms with Crippen LogP contribution in [0.25, 0.3) is 11.6 Å². The summed E-state index contributed by atoms with van der Waals surface area (Å²) in [7, 11) is 0. The molecule has 0 bridgehead atoms. The van der Waals surface area contributed by atoms with Crippen LogP contribution in [0, 0.1) is 0 Å². The molecule has 0 saturated carbocycles. The average Bonchev–Trinajstić information content (AvgIpc) is 2.74. The molecule has 0 aliphatic carbocycles. The molecule has 2 aromatic rings. The molecule has 3 nitrogen and oxygen atoms in total. The van der Waals surface area contributed by atoms with Crippen LogP contribution >= 0.6 is 11.6 Å². The highest BCUT2D eigenvalue weighted by Gasteiger charge is 2.31. The Morgan fingerprint density at radius 1 is 1.13 bits per heavy atom. The Morgan fingerprint density at radius 3 is 2.65 bits per heavy atom. The molecular weight excluding hydrogens is 331 g/mol. The summed E-state index contributed by atoms with van der Waals surface area (Å²) >= 11 is 5.93. The summed E-state index contributed by atoms with van der Waals surface area (Å²) in [5, 5.41) is 3.13. The lowest BCUT2D eigenvalue weighted by atomic mass is 10.0. The summed E-state index contributed by atoms with van der Waals surface area (Å²) in [6.45, 7) is 0. The van der Waals surface area contributed by atoms with Gasteiger partial charge >= 0.3 is 6.36 Å². The average molecular weight is 340 g/mol. The van der Waals surface area contributed by atoms with Crippen molar-refractivity contribution < 1.29 is 22.7 Å². The summed E-state index contributed by atoms with van der Waals surface area (Å²) in [4.78, 5) is 12.0. The highest BCUT2D eigenvalue weighted by Crippen LogP contribution is 2.35. The van der Waals surface area contributed by atoms with Crippen molar-refractivity contribution in [2.75, 3.05) is 5.32 Å². The molecule has 7 heteroatoms. The van der Waals surface area contributed by atoms with Crippen molar-refractivity contribution in [2.45, 2.75) is 6.36 Å². The van der Waals surface area contributed by atoms with E-state index in [0.717, 1.165) is 0 Å². The number of halogens is 4. The number of rotatable bonds is 2. The fourth-order valence-electron chi connectivity index (χ4n) is 2.27. The van der Waals surface area contributed by atoms with Crippen molar-refractivity contribution in [1.82, 2.24) is 0 Å². The highest BCUT2D eigenvalue weighted by atomic mass is 35.5. The molecule has 0 atom stereocenters. The number of alkyl halides is 3. The molecule has 1 aliphatic heterocycles. The van der Waals surface area contributed by atoms with Crippen LogP contribution in [0.15, 0.2) is 42.5 Å². The second-order valence-electron chi connectivity index (χ2n) is 4.82. The molecule has 0 saturated heterocycles. The molecular formula is C16H9ClF3NO2. The third kappa shape index (κ3) is 3.48. The lowest BCUT2D eigenvalue weighted by molar-refractivity contribution is -0.274. The fourth-order valence-corrected chi connectivity index (χ4v) is 2.44. The zero-order valence-corrected chi connectivity index (χ0v) is 12.2. The van der Waals surface area contributed by atoms with Gasteiger partial charge in [-0.2, -0.15) is 0 Å². The van der Waals surface area contributed by atoms with Gasteiger partial charge in [0.05, 0.1) is 0 Å². The molecule has 2 aromatic carbocycles. The normalized spacial score (nSPS) is 15.5. The van der Waals surface area contributed by atoms with Crippen molar-refractivity contribution in [3.63, 3.8) is 0 Å². The Balaban J connectivity index is 1.98. The van der Waals surface area contributed by atoms with Gasteiger partial charge in [0.25, 0.3) is 5.91 Å². The van der Waals surface area contributed by atoms with Gasteiger partial charge in [-0.3, -0.25) is 4.79 Å². The molecule has 0 radical (unpaired) electrons. The largest absolute Gasteiger partial charge is 0.573 e. The minimum atomic E-state index is -4.77. The standard InChI is InChI=1S/C16H9ClF3NO2/c17-10-4-5-14-12(8-10)13(15(22)21-14)7-9-2-1-3-11(6-9)23-16(18,19)20/h1-8H,(H,21,22)/b13-7+. The van der Waals surface area contributed by atoms with Gasteiger partial charge < -0.3 is 10.1 Å². The van der Waals surface area contributed by atoms with E-state index in [4.69, 9.17) is 11.6 Å². The van der Waals surface area contributed by atoms with Crippen LogP contribution in [0.4, 0.5) is 18.9 Å². The van der Waals surface area contributed by atoms with Gasteiger partial charge in [-0.25, -0.2) is 0 Å². The van der Waals surface area contributed by atoms with Gasteiger partial charge in [-0.05, 0) is 42.0 Å². The Kier molecular flexibility index (Phi) is 3.77. The van der Waals surface area contributed by atoms with Gasteiger partial charge in [0, 0.05) is 21.8 Å². The van der Waals surface area contributed by atoms with E-state index in [-0.39, 0.29) is 11.7 Å². The maximum Gasteiger partial charge on any atom is 0.573 e. The molecule has 1 heterocycles. The number of carbonyl (C=O) groups excluding carboxylic acids is 1. The lowest BCUT2D eigenvalue weighted by Gasteiger charge is -2.09. The number of fused-ring (bicyclic) bond motifs is 1. The van der Waals surface area contributed by atoms with Gasteiger partial charge in [-0.1, -0.05) is 23.7 Å². The van der Waals surface area contributed by atoms with Gasteiger partial charge in [-0.15, -0.1) is 13.2 Å². The second kappa shape index (κ2) is 5.62. The van der Waals surface area contributed by atoms with Crippen LogP contribution in [0.5, 0.6) is 5.75 Å². The van der Waals surface area contributed by atoms with Gasteiger partial charge in [0.2, 0.25) is 0 Å². The number of anilines is 1. The second-order valence-corrected chi connectivity index (χ2v) is 5.26. The van der Waals surface area contributed by atoms with E-state index >= 15 is 0 Å². The van der Waals surface area contributed by atoms with E-state index in [1.165, 1.54) is 24.3 Å². The number of hydrogen-bond acceptors (Lipinski definition) is 2. The molecule has 3 rings (SSSR count). The number of amides is 1. The first-order valence-electron chi connectivity index (χ1n) is 6.51. The third-order valence-electron chi connectivity index (χ3n) is 3.17. The summed E-state index contributed by atoms with van der Waals surface area (Å²) < 4.78 is 40.7. The first-order chi connectivity index (χ1) is 10.8. The molecule has 118 valence electrons. The molecule has 0 unspecified atom stereocenters. The van der Waals surface area contributed by atoms with E-state index in [0.29, 0.717) is 27.4 Å². The van der Waals surface area contributed by atoms with E-state index < -0.39 is 6.36 Å². The summed E-state index contributed by atoms with van der Waals surface area (Å²) in [6.07, 6.45) is -3.28. The zero-order chi connectivity index (χ0) is 16.6. The van der Waals surface area contributed by atoms with Crippen molar-refractivity contribution in [3.05, 3.63) is 58.6 Å². The van der Waals surface area contributed by atoms with Crippen LogP contribution in [0.1, 0.15) is 11.1 Å². The Labute approximate surface area is 134 Å². The molecule has 0 fully saturated rings. The number of benzene rings is 2. The Hall–Kier alpha value is -2.47. The van der Waals surface area contributed by atoms with Crippen LogP contribution in [-0.4, -0.2) is 12.3 Å². The smallest absolute Gasteiger partial charge is 0.406 e. The minimum Gasteiger partial charge on any atom is -0.406 e. The molecule has 0 aromatic heterocycles. The van der Waals surface area contributed by atoms with Crippen molar-refractivity contribution in [1.29, 1.82) is 0 Å². The lowest BCUT2D eigenvalue weighted by Crippen LogP contribution is -2.17. The molecule has 1 amide bonds. The van der Waals surface area contributed by atoms with Gasteiger partial charge in [0.15, 0.2) is 0 Å². The number of nitrogens with one attached hydrogen (secondary N) is 1. The number of hydrogen-bond donors (Lipinski definition) is 1. The first-order valence-corrected chi connectivity index (χ1v) is 6.88. The molecule has 0 spiro atoms. The first kappa shape index (κ1) is 15.4. The summed E-state index contributed by atoms with van der Waals surface area (Å²) in [5.41, 5.74) is 1.94. The molecule has 1 aliphatic rings. The number of ether oxygens (including phenoxy) is 1. The van der Waals surface area contributed by atoms with E-state index in [2.05, 4.69) is 10.1 Å². The van der Waals surface area contributed by atoms with Crippen LogP contribution in [0.3, 0.4) is 0 Å². The maximum atomic E-state index is 12.3. The molecule has 23 heavy (non-hydrogen) atoms. The van der Waals surface area contributed by atoms with E-state index in [9.17, 15) is 18.0 Å². The Morgan fingerprint density at radius 2 is 1.91 bits per heavy atom. The maximum absolute atomic E-state index is 12.3. The topological polar surface area (TPSA) is 38.3 Å². The van der Waals surface area contributed by atoms with Crippen LogP contribution < -0.4 is 10.1 Å². The Bertz CT molecular complexity index is 815. The monoisotopic (exact) mass is 339 g/mol. The molecule has 1 N–H and O–H groups in total. The third-order valence-corrected chi connectivity index (χ3v) is 3.40. The van der Waals surface area contributed by atoms with Crippen molar-refractivity contribution in [2.24, 2.45) is 0 Å². The minimum absolute atomic E-state index is 0.326. The zero-order valence-electron chi connectivity index (χ0n) is 11.4. The van der Waals surface area contributed by atoms with Gasteiger partial charge in [0.1, 0.15) is 5.75 Å². The van der Waals surface area contributed by atoms with E-state index in [1.807, 2.05) is 0 Å². The van der Waals surface area contributed by atoms with E-state index in [1.54, 1.807) is 24.3 Å². The summed E-state index contributed by atoms with van der Waals surface area (Å²) in [5.74, 6) is -0.694. The van der Waals surface area contributed by atoms with Crippen LogP contribution in [0.2, 0.25) is 5.02 Å². The predicted molar refractivity (Wildman–Crippen MR) is 81.1 cm³/mol. The summed E-state index contributed by atoms with van der Waals surface area (Å²) in [6, 6.07) is 10.3. The quantitative estimate of drug-likeness (QED) is 0.803. The predicted octanol–water partition coefficient (Wildman–Crippen LogP) is 4.73. The van der Waals surface area contributed by atoms with Crippen molar-refractivity contribution >= 4 is 34.8 Å². The fraction of sp³-hybridized carbons (Fsp3) is 0.0625. The van der Waals surface area contributed by atoms with Crippen LogP contribution in [-0.2, 0) is 4.79 Å². The highest BCUT2D eigenvalue weighted by molar-refractivity contribution is 6.36. The SMILES string of the molecule is O=C1Nc2ccc(Cl)cc2/C1=C\c1cccc(OC(F)(F)F)c1. The number of carbonyl (C=O) groups is 1.